The molecule has 0 spiro atoms. The number of Topliss-reactive ketones (excluding diaryl/α,β-unsaturated/α-hetero) is 1. The normalized spacial score (nSPS) is 30.9. The molecule has 1 heterocycles. The number of esters is 1. The highest BCUT2D eigenvalue weighted by Crippen LogP contribution is 2.56. The lowest BCUT2D eigenvalue weighted by molar-refractivity contribution is -0.157. The number of fused-ring (bicyclic) bond motifs is 3. The number of methoxy groups -OCH3 is 1. The summed E-state index contributed by atoms with van der Waals surface area (Å²) in [6.07, 6.45) is -2.25. The number of benzene rings is 1. The third-order valence-corrected chi connectivity index (χ3v) is 3.73. The average Bonchev–Trinajstić information content (AvgIpc) is 2.84. The summed E-state index contributed by atoms with van der Waals surface area (Å²) in [7, 11) is 1.30. The number of ketones is 1. The Labute approximate surface area is 103 Å². The lowest BCUT2D eigenvalue weighted by atomic mass is 9.79. The van der Waals surface area contributed by atoms with Crippen LogP contribution in [0, 0.1) is 5.41 Å². The van der Waals surface area contributed by atoms with Crippen LogP contribution in [0.5, 0.6) is 0 Å². The second-order valence-electron chi connectivity index (χ2n) is 4.59. The molecule has 2 aliphatic rings. The zero-order chi connectivity index (χ0) is 12.9. The summed E-state index contributed by atoms with van der Waals surface area (Å²) in [6, 6.07) is 6.93. The fraction of sp³-hybridized carbons (Fsp3) is 0.385. The van der Waals surface area contributed by atoms with Gasteiger partial charge in [0.25, 0.3) is 0 Å². The molecule has 5 heteroatoms. The minimum Gasteiger partial charge on any atom is -0.456 e. The van der Waals surface area contributed by atoms with Crippen molar-refractivity contribution in [2.24, 2.45) is 5.41 Å². The van der Waals surface area contributed by atoms with Crippen LogP contribution in [0.25, 0.3) is 0 Å². The van der Waals surface area contributed by atoms with E-state index < -0.39 is 23.8 Å². The second-order valence-corrected chi connectivity index (χ2v) is 4.59. The van der Waals surface area contributed by atoms with Crippen LogP contribution < -0.4 is 0 Å². The third kappa shape index (κ3) is 1.18. The molecule has 1 unspecified atom stereocenters. The van der Waals surface area contributed by atoms with E-state index in [1.807, 2.05) is 0 Å². The molecular weight excluding hydrogens is 236 g/mol. The topological polar surface area (TPSA) is 72.8 Å². The van der Waals surface area contributed by atoms with E-state index in [1.54, 1.807) is 24.3 Å². The third-order valence-electron chi connectivity index (χ3n) is 3.73. The van der Waals surface area contributed by atoms with Gasteiger partial charge in [-0.3, -0.25) is 9.59 Å². The minimum absolute atomic E-state index is 0.153. The smallest absolute Gasteiger partial charge is 0.307 e. The molecule has 0 aromatic heterocycles. The monoisotopic (exact) mass is 248 g/mol. The maximum Gasteiger partial charge on any atom is 0.307 e. The van der Waals surface area contributed by atoms with Gasteiger partial charge in [0.05, 0.1) is 6.42 Å². The highest BCUT2D eigenvalue weighted by atomic mass is 16.6. The lowest BCUT2D eigenvalue weighted by Crippen LogP contribution is -2.42. The molecule has 18 heavy (non-hydrogen) atoms. The van der Waals surface area contributed by atoms with E-state index in [4.69, 9.17) is 9.47 Å². The van der Waals surface area contributed by atoms with E-state index in [-0.39, 0.29) is 12.2 Å². The first-order valence-corrected chi connectivity index (χ1v) is 5.65. The van der Waals surface area contributed by atoms with Gasteiger partial charge in [0.1, 0.15) is 11.5 Å². The molecule has 1 aromatic carbocycles. The number of aliphatic hydroxyl groups excluding tert-OH is 1. The molecule has 0 saturated carbocycles. The van der Waals surface area contributed by atoms with Gasteiger partial charge in [0, 0.05) is 18.2 Å². The van der Waals surface area contributed by atoms with Crippen molar-refractivity contribution in [2.75, 3.05) is 7.11 Å². The van der Waals surface area contributed by atoms with E-state index in [0.717, 1.165) is 0 Å². The number of ether oxygens (including phenoxy) is 2. The van der Waals surface area contributed by atoms with Crippen LogP contribution in [0.2, 0.25) is 0 Å². The largest absolute Gasteiger partial charge is 0.456 e. The molecule has 1 fully saturated rings. The summed E-state index contributed by atoms with van der Waals surface area (Å²) in [5.74, 6) is -0.776. The number of aliphatic hydroxyl groups is 1. The van der Waals surface area contributed by atoms with Crippen molar-refractivity contribution >= 4 is 11.8 Å². The predicted octanol–water partition coefficient (Wildman–Crippen LogP) is 0.822. The Morgan fingerprint density at radius 3 is 2.89 bits per heavy atom. The van der Waals surface area contributed by atoms with Gasteiger partial charge in [-0.2, -0.15) is 0 Å². The molecule has 94 valence electrons. The van der Waals surface area contributed by atoms with Crippen LogP contribution in [0.3, 0.4) is 0 Å². The number of carbonyl (C=O) groups is 2. The van der Waals surface area contributed by atoms with Gasteiger partial charge in [-0.25, -0.2) is 0 Å². The standard InChI is InChI=1S/C13H12O5/c1-17-12(16)13-6-9(14)18-11(13)8-5-3-2-4-7(8)10(13)15/h2-5,11-12,16H,6H2,1H3/t11-,12?,13-/m1/s1. The molecule has 3 atom stereocenters. The van der Waals surface area contributed by atoms with Gasteiger partial charge in [-0.05, 0) is 0 Å². The Bertz CT molecular complexity index is 538. The highest BCUT2D eigenvalue weighted by molar-refractivity contribution is 6.08. The first-order chi connectivity index (χ1) is 8.61. The number of hydrogen-bond acceptors (Lipinski definition) is 5. The SMILES string of the molecule is COC(O)[C@@]12CC(=O)O[C@@H]1c1ccccc1C2=O. The lowest BCUT2D eigenvalue weighted by Gasteiger charge is -2.28. The van der Waals surface area contributed by atoms with Crippen molar-refractivity contribution in [1.82, 2.24) is 0 Å². The van der Waals surface area contributed by atoms with Gasteiger partial charge in [-0.1, -0.05) is 24.3 Å². The molecule has 0 amide bonds. The second kappa shape index (κ2) is 3.63. The van der Waals surface area contributed by atoms with E-state index in [1.165, 1.54) is 7.11 Å². The van der Waals surface area contributed by atoms with Crippen molar-refractivity contribution in [3.05, 3.63) is 35.4 Å². The minimum atomic E-state index is -1.35. The maximum atomic E-state index is 12.5. The Morgan fingerprint density at radius 1 is 1.44 bits per heavy atom. The highest BCUT2D eigenvalue weighted by Gasteiger charge is 2.64. The van der Waals surface area contributed by atoms with E-state index in [9.17, 15) is 14.7 Å². The van der Waals surface area contributed by atoms with Crippen LogP contribution in [-0.2, 0) is 14.3 Å². The van der Waals surface area contributed by atoms with Crippen molar-refractivity contribution < 1.29 is 24.2 Å². The molecule has 1 N–H and O–H groups in total. The molecule has 3 rings (SSSR count). The fourth-order valence-corrected chi connectivity index (χ4v) is 2.87. The van der Waals surface area contributed by atoms with E-state index >= 15 is 0 Å². The Hall–Kier alpha value is -1.72. The molecule has 1 aliphatic carbocycles. The van der Waals surface area contributed by atoms with Crippen molar-refractivity contribution in [1.29, 1.82) is 0 Å². The first kappa shape index (κ1) is 11.4. The number of carbonyl (C=O) groups excluding carboxylic acids is 2. The maximum absolute atomic E-state index is 12.5. The van der Waals surface area contributed by atoms with Crippen LogP contribution in [0.4, 0.5) is 0 Å². The molecule has 0 bridgehead atoms. The molecule has 0 radical (unpaired) electrons. The summed E-state index contributed by atoms with van der Waals surface area (Å²) in [6.45, 7) is 0. The molecule has 1 saturated heterocycles. The van der Waals surface area contributed by atoms with Crippen LogP contribution in [0.15, 0.2) is 24.3 Å². The van der Waals surface area contributed by atoms with Gasteiger partial charge < -0.3 is 14.6 Å². The molecular formula is C13H12O5. The van der Waals surface area contributed by atoms with Gasteiger partial charge in [0.15, 0.2) is 12.1 Å². The Morgan fingerprint density at radius 2 is 2.17 bits per heavy atom. The molecule has 5 nitrogen and oxygen atoms in total. The van der Waals surface area contributed by atoms with Crippen LogP contribution in [0.1, 0.15) is 28.4 Å². The zero-order valence-electron chi connectivity index (χ0n) is 9.75. The van der Waals surface area contributed by atoms with Crippen LogP contribution in [-0.4, -0.2) is 30.3 Å². The summed E-state index contributed by atoms with van der Waals surface area (Å²) in [5, 5.41) is 10.0. The van der Waals surface area contributed by atoms with E-state index in [0.29, 0.717) is 11.1 Å². The van der Waals surface area contributed by atoms with Crippen molar-refractivity contribution in [2.45, 2.75) is 18.8 Å². The first-order valence-electron chi connectivity index (χ1n) is 5.65. The predicted molar refractivity (Wildman–Crippen MR) is 59.7 cm³/mol. The van der Waals surface area contributed by atoms with Crippen molar-refractivity contribution in [3.8, 4) is 0 Å². The summed E-state index contributed by atoms with van der Waals surface area (Å²) < 4.78 is 10.1. The Balaban J connectivity index is 2.19. The summed E-state index contributed by atoms with van der Waals surface area (Å²) >= 11 is 0. The quantitative estimate of drug-likeness (QED) is 0.619. The summed E-state index contributed by atoms with van der Waals surface area (Å²) in [4.78, 5) is 24.0. The van der Waals surface area contributed by atoms with Gasteiger partial charge in [-0.15, -0.1) is 0 Å². The number of rotatable bonds is 2. The molecule has 1 aromatic rings. The summed E-state index contributed by atoms with van der Waals surface area (Å²) in [5.41, 5.74) is -0.189. The fourth-order valence-electron chi connectivity index (χ4n) is 2.87. The Kier molecular flexibility index (Phi) is 2.30. The molecule has 1 aliphatic heterocycles. The van der Waals surface area contributed by atoms with Crippen LogP contribution >= 0.6 is 0 Å². The van der Waals surface area contributed by atoms with Gasteiger partial charge in [0.2, 0.25) is 0 Å². The van der Waals surface area contributed by atoms with Gasteiger partial charge >= 0.3 is 5.97 Å². The van der Waals surface area contributed by atoms with E-state index in [2.05, 4.69) is 0 Å². The average molecular weight is 248 g/mol. The van der Waals surface area contributed by atoms with Crippen molar-refractivity contribution in [3.63, 3.8) is 0 Å². The number of hydrogen-bond donors (Lipinski definition) is 1. The zero-order valence-corrected chi connectivity index (χ0v) is 9.75.